The van der Waals surface area contributed by atoms with Gasteiger partial charge in [0.05, 0.1) is 7.11 Å². The van der Waals surface area contributed by atoms with Crippen molar-refractivity contribution >= 4 is 27.4 Å². The van der Waals surface area contributed by atoms with Crippen LogP contribution in [0.3, 0.4) is 0 Å². The number of nitrogens with zero attached hydrogens (tertiary/aromatic N) is 4. The van der Waals surface area contributed by atoms with Crippen molar-refractivity contribution in [1.82, 2.24) is 19.9 Å². The van der Waals surface area contributed by atoms with Gasteiger partial charge in [0.15, 0.2) is 5.82 Å². The number of aromatic nitrogens is 3. The maximum Gasteiger partial charge on any atom is 0.321 e. The monoisotopic (exact) mass is 385 g/mol. The lowest BCUT2D eigenvalue weighted by Crippen LogP contribution is -2.40. The van der Waals surface area contributed by atoms with Crippen LogP contribution in [0.2, 0.25) is 0 Å². The molecule has 0 aliphatic heterocycles. The van der Waals surface area contributed by atoms with E-state index in [2.05, 4.69) is 70.4 Å². The molecule has 0 radical (unpaired) electrons. The van der Waals surface area contributed by atoms with Gasteiger partial charge in [-0.3, -0.25) is 4.90 Å². The average molecular weight is 386 g/mol. The lowest BCUT2D eigenvalue weighted by atomic mass is 10.2. The molecule has 3 aromatic rings. The molecule has 144 valence electrons. The summed E-state index contributed by atoms with van der Waals surface area (Å²) in [7, 11) is 1.58. The second-order valence-corrected chi connectivity index (χ2v) is 7.88. The van der Waals surface area contributed by atoms with Crippen LogP contribution in [0.5, 0.6) is 6.01 Å². The molecule has 0 saturated heterocycles. The van der Waals surface area contributed by atoms with Gasteiger partial charge in [-0.25, -0.2) is 0 Å². The van der Waals surface area contributed by atoms with Gasteiger partial charge in [0.1, 0.15) is 0 Å². The van der Waals surface area contributed by atoms with Gasteiger partial charge in [-0.1, -0.05) is 18.2 Å². The van der Waals surface area contributed by atoms with Gasteiger partial charge >= 0.3 is 6.01 Å². The fourth-order valence-corrected chi connectivity index (χ4v) is 4.15. The molecule has 3 rings (SSSR count). The van der Waals surface area contributed by atoms with Crippen LogP contribution in [-0.4, -0.2) is 52.1 Å². The van der Waals surface area contributed by atoms with Crippen LogP contribution < -0.4 is 10.1 Å². The van der Waals surface area contributed by atoms with E-state index in [-0.39, 0.29) is 0 Å². The van der Waals surface area contributed by atoms with E-state index in [9.17, 15) is 0 Å². The first-order chi connectivity index (χ1) is 13.0. The summed E-state index contributed by atoms with van der Waals surface area (Å²) in [6, 6.07) is 9.57. The van der Waals surface area contributed by atoms with Crippen LogP contribution >= 0.6 is 11.3 Å². The first kappa shape index (κ1) is 19.5. The van der Waals surface area contributed by atoms with E-state index in [1.165, 1.54) is 4.70 Å². The predicted octanol–water partition coefficient (Wildman–Crippen LogP) is 4.29. The number of thiophene rings is 1. The van der Waals surface area contributed by atoms with Gasteiger partial charge in [0.2, 0.25) is 5.95 Å². The minimum absolute atomic E-state index is 0.322. The van der Waals surface area contributed by atoms with E-state index in [1.807, 2.05) is 12.1 Å². The Hall–Kier alpha value is -2.25. The normalized spacial score (nSPS) is 11.7. The summed E-state index contributed by atoms with van der Waals surface area (Å²) in [6.07, 6.45) is 0. The second-order valence-electron chi connectivity index (χ2n) is 6.97. The third-order valence-corrected chi connectivity index (χ3v) is 5.46. The average Bonchev–Trinajstić information content (AvgIpc) is 3.08. The molecule has 6 nitrogen and oxygen atoms in total. The number of fused-ring (bicyclic) bond motifs is 1. The number of hydrogen-bond donors (Lipinski definition) is 1. The Kier molecular flexibility index (Phi) is 6.23. The number of hydrogen-bond acceptors (Lipinski definition) is 7. The summed E-state index contributed by atoms with van der Waals surface area (Å²) in [6.45, 7) is 10.5. The number of nitrogens with one attached hydrogen (secondary N) is 1. The van der Waals surface area contributed by atoms with Crippen molar-refractivity contribution in [3.63, 3.8) is 0 Å². The zero-order valence-electron chi connectivity index (χ0n) is 16.6. The summed E-state index contributed by atoms with van der Waals surface area (Å²) >= 11 is 1.69. The molecule has 0 atom stereocenters. The highest BCUT2D eigenvalue weighted by Crippen LogP contribution is 2.32. The Labute approximate surface area is 164 Å². The molecule has 0 unspecified atom stereocenters. The van der Waals surface area contributed by atoms with Crippen LogP contribution in [0.25, 0.3) is 21.5 Å². The van der Waals surface area contributed by atoms with Crippen LogP contribution in [0, 0.1) is 0 Å². The standard InChI is InChI=1S/C20H27N5OS/c1-13(2)25(14(3)4)11-10-21-19-22-18(23-20(24-19)26-5)16-12-27-17-9-7-6-8-15(16)17/h6-9,12-14H,10-11H2,1-5H3,(H,21,22,23,24). The maximum absolute atomic E-state index is 5.30. The molecule has 2 aromatic heterocycles. The number of rotatable bonds is 8. The quantitative estimate of drug-likeness (QED) is 0.624. The summed E-state index contributed by atoms with van der Waals surface area (Å²) in [5, 5.41) is 6.56. The largest absolute Gasteiger partial charge is 0.467 e. The number of methoxy groups -OCH3 is 1. The van der Waals surface area contributed by atoms with Gasteiger partial charge < -0.3 is 10.1 Å². The van der Waals surface area contributed by atoms with Gasteiger partial charge in [-0.15, -0.1) is 11.3 Å². The zero-order chi connectivity index (χ0) is 19.4. The Balaban J connectivity index is 1.82. The van der Waals surface area contributed by atoms with Crippen LogP contribution in [0.1, 0.15) is 27.7 Å². The first-order valence-electron chi connectivity index (χ1n) is 9.26. The van der Waals surface area contributed by atoms with E-state index in [0.29, 0.717) is 29.9 Å². The van der Waals surface area contributed by atoms with Gasteiger partial charge in [-0.2, -0.15) is 15.0 Å². The zero-order valence-corrected chi connectivity index (χ0v) is 17.4. The van der Waals surface area contributed by atoms with Gasteiger partial charge in [-0.05, 0) is 33.8 Å². The van der Waals surface area contributed by atoms with Crippen molar-refractivity contribution < 1.29 is 4.74 Å². The Morgan fingerprint density at radius 1 is 1.07 bits per heavy atom. The Bertz CT molecular complexity index is 885. The molecule has 27 heavy (non-hydrogen) atoms. The minimum atomic E-state index is 0.322. The van der Waals surface area contributed by atoms with Crippen molar-refractivity contribution in [2.45, 2.75) is 39.8 Å². The molecule has 0 bridgehead atoms. The molecule has 0 aliphatic rings. The van der Waals surface area contributed by atoms with Crippen LogP contribution in [0.4, 0.5) is 5.95 Å². The lowest BCUT2D eigenvalue weighted by molar-refractivity contribution is 0.182. The molecular formula is C20H27N5OS. The highest BCUT2D eigenvalue weighted by Gasteiger charge is 2.15. The topological polar surface area (TPSA) is 63.2 Å². The summed E-state index contributed by atoms with van der Waals surface area (Å²) in [5.74, 6) is 1.17. The summed E-state index contributed by atoms with van der Waals surface area (Å²) < 4.78 is 6.51. The number of ether oxygens (including phenoxy) is 1. The first-order valence-corrected chi connectivity index (χ1v) is 10.1. The molecule has 7 heteroatoms. The van der Waals surface area contributed by atoms with E-state index >= 15 is 0 Å². The fourth-order valence-electron chi connectivity index (χ4n) is 3.21. The SMILES string of the molecule is COc1nc(NCCN(C(C)C)C(C)C)nc(-c2csc3ccccc23)n1. The van der Waals surface area contributed by atoms with Gasteiger partial charge in [0.25, 0.3) is 0 Å². The Morgan fingerprint density at radius 2 is 1.81 bits per heavy atom. The molecule has 0 saturated carbocycles. The fraction of sp³-hybridized carbons (Fsp3) is 0.450. The second kappa shape index (κ2) is 8.63. The summed E-state index contributed by atoms with van der Waals surface area (Å²) in [4.78, 5) is 15.9. The van der Waals surface area contributed by atoms with Crippen molar-refractivity contribution in [3.05, 3.63) is 29.6 Å². The minimum Gasteiger partial charge on any atom is -0.467 e. The third kappa shape index (κ3) is 4.54. The molecule has 1 N–H and O–H groups in total. The van der Waals surface area contributed by atoms with E-state index in [1.54, 1.807) is 18.4 Å². The van der Waals surface area contributed by atoms with E-state index < -0.39 is 0 Å². The van der Waals surface area contributed by atoms with E-state index in [0.717, 1.165) is 24.0 Å². The molecule has 2 heterocycles. The molecule has 0 fully saturated rings. The van der Waals surface area contributed by atoms with Crippen molar-refractivity contribution in [3.8, 4) is 17.4 Å². The molecule has 0 aliphatic carbocycles. The molecule has 0 amide bonds. The van der Waals surface area contributed by atoms with Gasteiger partial charge in [0, 0.05) is 46.2 Å². The van der Waals surface area contributed by atoms with Crippen molar-refractivity contribution in [2.24, 2.45) is 0 Å². The molecular weight excluding hydrogens is 358 g/mol. The Morgan fingerprint density at radius 3 is 2.52 bits per heavy atom. The predicted molar refractivity (Wildman–Crippen MR) is 113 cm³/mol. The highest BCUT2D eigenvalue weighted by molar-refractivity contribution is 7.17. The maximum atomic E-state index is 5.30. The summed E-state index contributed by atoms with van der Waals surface area (Å²) in [5.41, 5.74) is 1.00. The highest BCUT2D eigenvalue weighted by atomic mass is 32.1. The lowest BCUT2D eigenvalue weighted by Gasteiger charge is -2.30. The molecule has 0 spiro atoms. The van der Waals surface area contributed by atoms with Crippen LogP contribution in [-0.2, 0) is 0 Å². The van der Waals surface area contributed by atoms with Crippen LogP contribution in [0.15, 0.2) is 29.6 Å². The smallest absolute Gasteiger partial charge is 0.321 e. The molecule has 1 aromatic carbocycles. The van der Waals surface area contributed by atoms with Crippen molar-refractivity contribution in [1.29, 1.82) is 0 Å². The third-order valence-electron chi connectivity index (χ3n) is 4.50. The number of benzene rings is 1. The van der Waals surface area contributed by atoms with E-state index in [4.69, 9.17) is 4.74 Å². The van der Waals surface area contributed by atoms with Crippen molar-refractivity contribution in [2.75, 3.05) is 25.5 Å². The number of anilines is 1.